The summed E-state index contributed by atoms with van der Waals surface area (Å²) in [5.41, 5.74) is 5.73. The van der Waals surface area contributed by atoms with Gasteiger partial charge in [0.05, 0.1) is 12.3 Å². The Morgan fingerprint density at radius 1 is 0.824 bits per heavy atom. The fourth-order valence-corrected chi connectivity index (χ4v) is 4.66. The van der Waals surface area contributed by atoms with Crippen LogP contribution in [0.3, 0.4) is 0 Å². The molecule has 0 unspecified atom stereocenters. The molecule has 5 nitrogen and oxygen atoms in total. The predicted octanol–water partition coefficient (Wildman–Crippen LogP) is 4.94. The number of benzene rings is 2. The lowest BCUT2D eigenvalue weighted by Gasteiger charge is -2.34. The summed E-state index contributed by atoms with van der Waals surface area (Å²) >= 11 is 0. The molecule has 1 aliphatic heterocycles. The van der Waals surface area contributed by atoms with E-state index in [1.54, 1.807) is 0 Å². The minimum absolute atomic E-state index is 0.751. The first kappa shape index (κ1) is 22.6. The highest BCUT2D eigenvalue weighted by Gasteiger charge is 2.16. The molecule has 1 aliphatic rings. The average Bonchev–Trinajstić information content (AvgIpc) is 3.33. The van der Waals surface area contributed by atoms with Crippen molar-refractivity contribution in [2.75, 3.05) is 45.9 Å². The molecule has 34 heavy (non-hydrogen) atoms. The molecule has 2 aromatic carbocycles. The van der Waals surface area contributed by atoms with E-state index in [1.807, 2.05) is 6.20 Å². The highest BCUT2D eigenvalue weighted by Crippen LogP contribution is 2.23. The van der Waals surface area contributed by atoms with Gasteiger partial charge in [0, 0.05) is 57.2 Å². The minimum atomic E-state index is 0.751. The minimum Gasteiger partial charge on any atom is -0.494 e. The Balaban J connectivity index is 1.02. The predicted molar refractivity (Wildman–Crippen MR) is 139 cm³/mol. The van der Waals surface area contributed by atoms with Gasteiger partial charge in [-0.3, -0.25) is 0 Å². The van der Waals surface area contributed by atoms with Gasteiger partial charge in [-0.15, -0.1) is 0 Å². The summed E-state index contributed by atoms with van der Waals surface area (Å²) in [7, 11) is 0. The van der Waals surface area contributed by atoms with E-state index in [-0.39, 0.29) is 0 Å². The zero-order chi connectivity index (χ0) is 23.2. The van der Waals surface area contributed by atoms with Crippen LogP contribution in [0.15, 0.2) is 79.1 Å². The lowest BCUT2D eigenvalue weighted by molar-refractivity contribution is 0.127. The van der Waals surface area contributed by atoms with E-state index in [9.17, 15) is 0 Å². The zero-order valence-electron chi connectivity index (χ0n) is 20.1. The molecule has 1 fully saturated rings. The SMILES string of the molecule is Cc1cccn2cc(-c3ccc(OCCCN4CCN(CCc5ccccc5)CC4)cc3)nc12. The largest absolute Gasteiger partial charge is 0.494 e. The van der Waals surface area contributed by atoms with Crippen molar-refractivity contribution >= 4 is 5.65 Å². The van der Waals surface area contributed by atoms with Crippen molar-refractivity contribution in [2.45, 2.75) is 19.8 Å². The maximum atomic E-state index is 6.01. The molecule has 3 heterocycles. The van der Waals surface area contributed by atoms with Crippen LogP contribution < -0.4 is 4.74 Å². The quantitative estimate of drug-likeness (QED) is 0.336. The van der Waals surface area contributed by atoms with Crippen molar-refractivity contribution in [1.82, 2.24) is 19.2 Å². The van der Waals surface area contributed by atoms with Crippen LogP contribution in [-0.4, -0.2) is 65.1 Å². The number of aromatic nitrogens is 2. The number of hydrogen-bond acceptors (Lipinski definition) is 4. The molecule has 0 amide bonds. The number of pyridine rings is 1. The van der Waals surface area contributed by atoms with Crippen molar-refractivity contribution in [3.8, 4) is 17.0 Å². The van der Waals surface area contributed by atoms with Gasteiger partial charge in [-0.05, 0) is 61.2 Å². The van der Waals surface area contributed by atoms with Gasteiger partial charge in [-0.25, -0.2) is 4.98 Å². The summed E-state index contributed by atoms with van der Waals surface area (Å²) in [5.74, 6) is 0.925. The van der Waals surface area contributed by atoms with Crippen LogP contribution >= 0.6 is 0 Å². The number of imidazole rings is 1. The number of fused-ring (bicyclic) bond motifs is 1. The Morgan fingerprint density at radius 3 is 2.29 bits per heavy atom. The van der Waals surface area contributed by atoms with E-state index in [1.165, 1.54) is 11.1 Å². The fourth-order valence-electron chi connectivity index (χ4n) is 4.66. The van der Waals surface area contributed by atoms with Gasteiger partial charge in [-0.2, -0.15) is 0 Å². The summed E-state index contributed by atoms with van der Waals surface area (Å²) in [6, 6.07) is 23.2. The van der Waals surface area contributed by atoms with Crippen molar-refractivity contribution < 1.29 is 4.74 Å². The first-order valence-electron chi connectivity index (χ1n) is 12.4. The normalized spacial score (nSPS) is 15.1. The van der Waals surface area contributed by atoms with Crippen LogP contribution in [0.4, 0.5) is 0 Å². The summed E-state index contributed by atoms with van der Waals surface area (Å²) in [4.78, 5) is 9.94. The van der Waals surface area contributed by atoms with Crippen LogP contribution in [-0.2, 0) is 6.42 Å². The van der Waals surface area contributed by atoms with Crippen molar-refractivity contribution in [3.05, 3.63) is 90.3 Å². The number of nitrogens with zero attached hydrogens (tertiary/aromatic N) is 4. The summed E-state index contributed by atoms with van der Waals surface area (Å²) < 4.78 is 8.09. The van der Waals surface area contributed by atoms with Crippen molar-refractivity contribution in [2.24, 2.45) is 0 Å². The average molecular weight is 455 g/mol. The van der Waals surface area contributed by atoms with Gasteiger partial charge in [0.1, 0.15) is 11.4 Å². The Hall–Kier alpha value is -3.15. The van der Waals surface area contributed by atoms with E-state index < -0.39 is 0 Å². The smallest absolute Gasteiger partial charge is 0.140 e. The van der Waals surface area contributed by atoms with Gasteiger partial charge in [0.2, 0.25) is 0 Å². The van der Waals surface area contributed by atoms with Crippen LogP contribution in [0.25, 0.3) is 16.9 Å². The molecule has 1 saturated heterocycles. The fraction of sp³-hybridized carbons (Fsp3) is 0.345. The highest BCUT2D eigenvalue weighted by molar-refractivity contribution is 5.64. The Kier molecular flexibility index (Phi) is 7.22. The van der Waals surface area contributed by atoms with Gasteiger partial charge in [0.25, 0.3) is 0 Å². The van der Waals surface area contributed by atoms with E-state index in [0.29, 0.717) is 0 Å². The third kappa shape index (κ3) is 5.66. The standard InChI is InChI=1S/C29H34N4O/c1-24-7-5-16-33-23-28(30-29(24)33)26-10-12-27(13-11-26)34-22-6-15-31-18-20-32(21-19-31)17-14-25-8-3-2-4-9-25/h2-5,7-13,16,23H,6,14-15,17-22H2,1H3. The molecule has 176 valence electrons. The molecule has 0 spiro atoms. The highest BCUT2D eigenvalue weighted by atomic mass is 16.5. The lowest BCUT2D eigenvalue weighted by atomic mass is 10.1. The number of ether oxygens (including phenoxy) is 1. The van der Waals surface area contributed by atoms with Crippen LogP contribution in [0.5, 0.6) is 5.75 Å². The summed E-state index contributed by atoms with van der Waals surface area (Å²) in [5, 5.41) is 0. The Labute approximate surface area is 202 Å². The first-order chi connectivity index (χ1) is 16.7. The van der Waals surface area contributed by atoms with Crippen LogP contribution in [0, 0.1) is 6.92 Å². The third-order valence-electron chi connectivity index (χ3n) is 6.74. The molecule has 0 N–H and O–H groups in total. The number of aryl methyl sites for hydroxylation is 1. The van der Waals surface area contributed by atoms with E-state index >= 15 is 0 Å². The van der Waals surface area contributed by atoms with Crippen LogP contribution in [0.1, 0.15) is 17.5 Å². The molecule has 0 aliphatic carbocycles. The maximum absolute atomic E-state index is 6.01. The van der Waals surface area contributed by atoms with Crippen molar-refractivity contribution in [1.29, 1.82) is 0 Å². The topological polar surface area (TPSA) is 33.0 Å². The van der Waals surface area contributed by atoms with E-state index in [4.69, 9.17) is 9.72 Å². The van der Waals surface area contributed by atoms with E-state index in [2.05, 4.69) is 94.1 Å². The molecule has 2 aromatic heterocycles. The van der Waals surface area contributed by atoms with Gasteiger partial charge >= 0.3 is 0 Å². The molecule has 0 atom stereocenters. The molecule has 0 bridgehead atoms. The Morgan fingerprint density at radius 2 is 1.56 bits per heavy atom. The summed E-state index contributed by atoms with van der Waals surface area (Å²) in [6.07, 6.45) is 6.32. The van der Waals surface area contributed by atoms with Gasteiger partial charge in [-0.1, -0.05) is 36.4 Å². The van der Waals surface area contributed by atoms with Gasteiger partial charge < -0.3 is 18.9 Å². The molecule has 0 saturated carbocycles. The van der Waals surface area contributed by atoms with E-state index in [0.717, 1.165) is 81.4 Å². The maximum Gasteiger partial charge on any atom is 0.140 e. The zero-order valence-corrected chi connectivity index (χ0v) is 20.1. The Bertz CT molecular complexity index is 1180. The summed E-state index contributed by atoms with van der Waals surface area (Å²) in [6.45, 7) is 9.74. The third-order valence-corrected chi connectivity index (χ3v) is 6.74. The molecular formula is C29H34N4O. The molecular weight excluding hydrogens is 420 g/mol. The molecule has 4 aromatic rings. The monoisotopic (exact) mass is 454 g/mol. The first-order valence-corrected chi connectivity index (χ1v) is 12.4. The second-order valence-corrected chi connectivity index (χ2v) is 9.19. The lowest BCUT2D eigenvalue weighted by Crippen LogP contribution is -2.47. The van der Waals surface area contributed by atoms with Crippen molar-refractivity contribution in [3.63, 3.8) is 0 Å². The van der Waals surface area contributed by atoms with Crippen LogP contribution in [0.2, 0.25) is 0 Å². The number of hydrogen-bond donors (Lipinski definition) is 0. The molecule has 0 radical (unpaired) electrons. The second kappa shape index (κ2) is 10.9. The van der Waals surface area contributed by atoms with Gasteiger partial charge in [0.15, 0.2) is 0 Å². The number of rotatable bonds is 9. The molecule has 5 rings (SSSR count). The number of piperazine rings is 1. The molecule has 5 heteroatoms. The second-order valence-electron chi connectivity index (χ2n) is 9.19.